The number of carboxylic acid groups (broad SMARTS) is 1. The lowest BCUT2D eigenvalue weighted by atomic mass is 10.0. The molecule has 2 heterocycles. The lowest BCUT2D eigenvalue weighted by Crippen LogP contribution is -2.39. The molecular weight excluding hydrogens is 552 g/mol. The first kappa shape index (κ1) is 25.7. The molecule has 0 bridgehead atoms. The van der Waals surface area contributed by atoms with E-state index in [4.69, 9.17) is 11.6 Å². The lowest BCUT2D eigenvalue weighted by molar-refractivity contribution is -0.657. The Balaban J connectivity index is 1.58. The number of carboxylic acids is 1. The van der Waals surface area contributed by atoms with E-state index in [9.17, 15) is 22.9 Å². The number of thiazole rings is 1. The lowest BCUT2D eigenvalue weighted by Gasteiger charge is -2.20. The second-order valence-corrected chi connectivity index (χ2v) is 12.6. The summed E-state index contributed by atoms with van der Waals surface area (Å²) in [5, 5.41) is 11.7. The Morgan fingerprint density at radius 3 is 2.57 bits per heavy atom. The molecule has 0 fully saturated rings. The van der Waals surface area contributed by atoms with Crippen molar-refractivity contribution in [1.29, 1.82) is 0 Å². The van der Waals surface area contributed by atoms with Crippen LogP contribution in [-0.2, 0) is 21.5 Å². The van der Waals surface area contributed by atoms with Gasteiger partial charge in [0.05, 0.1) is 22.5 Å². The van der Waals surface area contributed by atoms with Gasteiger partial charge in [0, 0.05) is 22.5 Å². The second kappa shape index (κ2) is 10.5. The van der Waals surface area contributed by atoms with E-state index in [0.717, 1.165) is 42.0 Å². The zero-order valence-electron chi connectivity index (χ0n) is 19.4. The number of aliphatic carboxylic acids is 1. The molecule has 0 aliphatic carbocycles. The Kier molecular flexibility index (Phi) is 7.28. The highest BCUT2D eigenvalue weighted by atomic mass is 35.5. The van der Waals surface area contributed by atoms with Crippen LogP contribution >= 0.6 is 34.7 Å². The number of carbonyl (C=O) groups is 1. The molecule has 11 heteroatoms. The van der Waals surface area contributed by atoms with Crippen LogP contribution in [0.3, 0.4) is 0 Å². The van der Waals surface area contributed by atoms with Gasteiger partial charge in [-0.1, -0.05) is 71.1 Å². The minimum Gasteiger partial charge on any atom is -0.477 e. The zero-order valence-corrected chi connectivity index (χ0v) is 22.6. The summed E-state index contributed by atoms with van der Waals surface area (Å²) >= 11 is 9.19. The second-order valence-electron chi connectivity index (χ2n) is 8.46. The number of nitrogens with zero attached hydrogens (tertiary/aromatic N) is 2. The van der Waals surface area contributed by atoms with Gasteiger partial charge < -0.3 is 10.0 Å². The molecule has 1 aromatic heterocycles. The first-order chi connectivity index (χ1) is 17.7. The standard InChI is InChI=1S/C26H21ClN2O5S3/c27-19-8-10-23-21(14-19)29(16-26(30)31)25(36-23)15-24-28(11-4-12-37(32,33)34)20-13-18(7-9-22(20)35-24)17-5-2-1-3-6-17/h1-3,5-10,13-15H,4,11-12,16H2,(H-,30,31,32,33,34)/p+1. The third kappa shape index (κ3) is 5.83. The van der Waals surface area contributed by atoms with Gasteiger partial charge in [0.15, 0.2) is 0 Å². The predicted molar refractivity (Wildman–Crippen MR) is 149 cm³/mol. The van der Waals surface area contributed by atoms with Gasteiger partial charge in [-0.2, -0.15) is 13.0 Å². The minimum absolute atomic E-state index is 0.224. The van der Waals surface area contributed by atoms with E-state index < -0.39 is 16.1 Å². The largest absolute Gasteiger partial charge is 0.477 e. The van der Waals surface area contributed by atoms with Crippen LogP contribution in [0, 0.1) is 0 Å². The molecule has 5 rings (SSSR count). The Bertz CT molecular complexity index is 1630. The molecule has 0 saturated heterocycles. The van der Waals surface area contributed by atoms with Crippen molar-refractivity contribution in [2.75, 3.05) is 17.2 Å². The predicted octanol–water partition coefficient (Wildman–Crippen LogP) is 5.78. The quantitative estimate of drug-likeness (QED) is 0.203. The van der Waals surface area contributed by atoms with Gasteiger partial charge in [-0.05, 0) is 41.8 Å². The average molecular weight is 574 g/mol. The van der Waals surface area contributed by atoms with Crippen molar-refractivity contribution in [3.8, 4) is 11.1 Å². The molecule has 37 heavy (non-hydrogen) atoms. The van der Waals surface area contributed by atoms with E-state index in [1.807, 2.05) is 59.5 Å². The van der Waals surface area contributed by atoms with Crippen LogP contribution in [0.2, 0.25) is 5.02 Å². The maximum atomic E-state index is 11.7. The van der Waals surface area contributed by atoms with Gasteiger partial charge >= 0.3 is 5.97 Å². The van der Waals surface area contributed by atoms with Gasteiger partial charge in [-0.3, -0.25) is 4.55 Å². The molecule has 0 spiro atoms. The summed E-state index contributed by atoms with van der Waals surface area (Å²) in [7, 11) is -4.10. The first-order valence-corrected chi connectivity index (χ1v) is 15.0. The number of thioether (sulfide) groups is 1. The summed E-state index contributed by atoms with van der Waals surface area (Å²) in [5.74, 6) is -1.32. The molecule has 0 amide bonds. The summed E-state index contributed by atoms with van der Waals surface area (Å²) < 4.78 is 34.7. The summed E-state index contributed by atoms with van der Waals surface area (Å²) in [6.45, 7) is 0.136. The van der Waals surface area contributed by atoms with Crippen molar-refractivity contribution in [2.24, 2.45) is 0 Å². The van der Waals surface area contributed by atoms with Gasteiger partial charge in [0.2, 0.25) is 12.1 Å². The molecule has 1 aliphatic heterocycles. The molecule has 0 atom stereocenters. The minimum atomic E-state index is -4.10. The maximum absolute atomic E-state index is 11.7. The van der Waals surface area contributed by atoms with Crippen molar-refractivity contribution in [3.63, 3.8) is 0 Å². The van der Waals surface area contributed by atoms with E-state index in [2.05, 4.69) is 6.07 Å². The van der Waals surface area contributed by atoms with Gasteiger partial charge in [0.1, 0.15) is 4.70 Å². The normalized spacial score (nSPS) is 14.4. The highest BCUT2D eigenvalue weighted by Gasteiger charge is 2.29. The molecule has 4 aromatic rings. The molecule has 190 valence electrons. The Morgan fingerprint density at radius 2 is 1.84 bits per heavy atom. The molecular formula is C26H22ClN2O5S3+. The highest BCUT2D eigenvalue weighted by molar-refractivity contribution is 8.03. The van der Waals surface area contributed by atoms with E-state index >= 15 is 0 Å². The molecule has 1 aliphatic rings. The highest BCUT2D eigenvalue weighted by Crippen LogP contribution is 2.48. The summed E-state index contributed by atoms with van der Waals surface area (Å²) in [4.78, 5) is 14.7. The van der Waals surface area contributed by atoms with Crippen LogP contribution in [0.1, 0.15) is 11.4 Å². The van der Waals surface area contributed by atoms with Crippen molar-refractivity contribution in [1.82, 2.24) is 0 Å². The summed E-state index contributed by atoms with van der Waals surface area (Å²) in [6.07, 6.45) is 2.16. The number of hydrogen-bond donors (Lipinski definition) is 2. The number of aromatic nitrogens is 1. The SMILES string of the molecule is O=C(O)C[n+]1c(C=C2Sc3ccc(-c4ccccc4)cc3N2CCCS(=O)(=O)O)sc2ccc(Cl)cc21. The van der Waals surface area contributed by atoms with Crippen LogP contribution in [0.15, 0.2) is 76.7 Å². The van der Waals surface area contributed by atoms with Crippen LogP contribution in [0.25, 0.3) is 27.4 Å². The van der Waals surface area contributed by atoms with E-state index in [1.54, 1.807) is 16.7 Å². The monoisotopic (exact) mass is 573 g/mol. The molecule has 0 unspecified atom stereocenters. The van der Waals surface area contributed by atoms with Gasteiger partial charge in [0.25, 0.3) is 15.1 Å². The average Bonchev–Trinajstić information content (AvgIpc) is 3.35. The fourth-order valence-corrected chi connectivity index (χ4v) is 7.16. The molecule has 0 saturated carbocycles. The number of anilines is 1. The number of benzene rings is 3. The van der Waals surface area contributed by atoms with Gasteiger partial charge in [-0.25, -0.2) is 4.79 Å². The van der Waals surface area contributed by atoms with Gasteiger partial charge in [-0.15, -0.1) is 0 Å². The van der Waals surface area contributed by atoms with Crippen LogP contribution in [0.5, 0.6) is 0 Å². The third-order valence-corrected chi connectivity index (χ3v) is 9.12. The third-order valence-electron chi connectivity index (χ3n) is 5.85. The Labute approximate surface area is 227 Å². The number of rotatable bonds is 8. The fraction of sp³-hybridized carbons (Fsp3) is 0.154. The molecule has 2 N–H and O–H groups in total. The van der Waals surface area contributed by atoms with Crippen molar-refractivity contribution in [3.05, 3.63) is 81.8 Å². The molecule has 3 aromatic carbocycles. The molecule has 0 radical (unpaired) electrons. The van der Waals surface area contributed by atoms with Crippen LogP contribution in [-0.4, -0.2) is 36.3 Å². The summed E-state index contributed by atoms with van der Waals surface area (Å²) in [6, 6.07) is 21.5. The first-order valence-electron chi connectivity index (χ1n) is 11.3. The van der Waals surface area contributed by atoms with Crippen LogP contribution < -0.4 is 9.47 Å². The maximum Gasteiger partial charge on any atom is 0.370 e. The fourth-order valence-electron chi connectivity index (χ4n) is 4.24. The van der Waals surface area contributed by atoms with E-state index in [-0.39, 0.29) is 18.7 Å². The van der Waals surface area contributed by atoms with Crippen molar-refractivity contribution < 1.29 is 27.4 Å². The van der Waals surface area contributed by atoms with Crippen LogP contribution in [0.4, 0.5) is 5.69 Å². The number of halogens is 1. The van der Waals surface area contributed by atoms with Crippen molar-refractivity contribution >= 4 is 72.8 Å². The van der Waals surface area contributed by atoms with E-state index in [0.29, 0.717) is 11.6 Å². The topological polar surface area (TPSA) is 98.8 Å². The number of fused-ring (bicyclic) bond motifs is 2. The number of hydrogen-bond acceptors (Lipinski definition) is 6. The smallest absolute Gasteiger partial charge is 0.370 e. The van der Waals surface area contributed by atoms with E-state index in [1.165, 1.54) is 23.1 Å². The Morgan fingerprint density at radius 1 is 1.05 bits per heavy atom. The summed E-state index contributed by atoms with van der Waals surface area (Å²) in [5.41, 5.74) is 3.75. The Hall–Kier alpha value is -2.89. The molecule has 7 nitrogen and oxygen atoms in total. The zero-order chi connectivity index (χ0) is 26.2. The van der Waals surface area contributed by atoms with Crippen molar-refractivity contribution in [2.45, 2.75) is 17.9 Å².